The maximum absolute atomic E-state index is 12.5. The molecule has 2 aromatic rings. The van der Waals surface area contributed by atoms with E-state index in [-0.39, 0.29) is 12.7 Å². The summed E-state index contributed by atoms with van der Waals surface area (Å²) in [5, 5.41) is 8.90. The van der Waals surface area contributed by atoms with Crippen LogP contribution in [0.15, 0.2) is 48.5 Å². The molecule has 22 heavy (non-hydrogen) atoms. The molecule has 0 amide bonds. The number of alkyl halides is 3. The van der Waals surface area contributed by atoms with Gasteiger partial charge >= 0.3 is 6.18 Å². The van der Waals surface area contributed by atoms with Gasteiger partial charge in [-0.25, -0.2) is 0 Å². The van der Waals surface area contributed by atoms with Gasteiger partial charge in [-0.2, -0.15) is 13.2 Å². The molecule has 0 spiro atoms. The van der Waals surface area contributed by atoms with Crippen LogP contribution in [0.1, 0.15) is 12.5 Å². The third kappa shape index (κ3) is 4.39. The molecule has 0 aliphatic carbocycles. The van der Waals surface area contributed by atoms with Crippen molar-refractivity contribution < 1.29 is 27.8 Å². The molecule has 6 heteroatoms. The van der Waals surface area contributed by atoms with Crippen LogP contribution in [-0.4, -0.2) is 17.8 Å². The van der Waals surface area contributed by atoms with Crippen LogP contribution >= 0.6 is 0 Å². The van der Waals surface area contributed by atoms with E-state index in [1.807, 2.05) is 0 Å². The SMILES string of the molecule is CC(CO)Oc1ccc(Oc2ccc(C(F)(F)F)cc2)cc1. The van der Waals surface area contributed by atoms with Gasteiger partial charge in [0.15, 0.2) is 0 Å². The van der Waals surface area contributed by atoms with Gasteiger partial charge in [-0.1, -0.05) is 0 Å². The largest absolute Gasteiger partial charge is 0.488 e. The molecular formula is C16H15F3O3. The number of halogens is 3. The van der Waals surface area contributed by atoms with Crippen molar-refractivity contribution in [1.29, 1.82) is 0 Å². The lowest BCUT2D eigenvalue weighted by molar-refractivity contribution is -0.137. The Morgan fingerprint density at radius 1 is 0.909 bits per heavy atom. The first-order valence-electron chi connectivity index (χ1n) is 6.61. The maximum Gasteiger partial charge on any atom is 0.416 e. The van der Waals surface area contributed by atoms with Gasteiger partial charge in [0.1, 0.15) is 23.4 Å². The summed E-state index contributed by atoms with van der Waals surface area (Å²) < 4.78 is 48.2. The van der Waals surface area contributed by atoms with Gasteiger partial charge in [0, 0.05) is 0 Å². The lowest BCUT2D eigenvalue weighted by atomic mass is 10.2. The predicted octanol–water partition coefficient (Wildman–Crippen LogP) is 4.26. The Balaban J connectivity index is 2.02. The average Bonchev–Trinajstić information content (AvgIpc) is 2.49. The van der Waals surface area contributed by atoms with E-state index in [2.05, 4.69) is 0 Å². The summed E-state index contributed by atoms with van der Waals surface area (Å²) in [4.78, 5) is 0. The van der Waals surface area contributed by atoms with E-state index in [9.17, 15) is 13.2 Å². The Kier molecular flexibility index (Phi) is 4.92. The molecule has 0 aromatic heterocycles. The van der Waals surface area contributed by atoms with E-state index < -0.39 is 11.7 Å². The van der Waals surface area contributed by atoms with Crippen molar-refractivity contribution in [3.63, 3.8) is 0 Å². The lowest BCUT2D eigenvalue weighted by Gasteiger charge is -2.12. The molecule has 1 N–H and O–H groups in total. The summed E-state index contributed by atoms with van der Waals surface area (Å²) >= 11 is 0. The number of ether oxygens (including phenoxy) is 2. The number of hydrogen-bond donors (Lipinski definition) is 1. The van der Waals surface area contributed by atoms with Gasteiger partial charge in [0.2, 0.25) is 0 Å². The summed E-state index contributed by atoms with van der Waals surface area (Å²) in [6.45, 7) is 1.64. The van der Waals surface area contributed by atoms with E-state index in [0.29, 0.717) is 17.2 Å². The monoisotopic (exact) mass is 312 g/mol. The molecule has 0 bridgehead atoms. The average molecular weight is 312 g/mol. The van der Waals surface area contributed by atoms with Gasteiger partial charge in [-0.05, 0) is 55.5 Å². The van der Waals surface area contributed by atoms with Gasteiger partial charge in [-0.3, -0.25) is 0 Å². The Morgan fingerprint density at radius 3 is 1.82 bits per heavy atom. The van der Waals surface area contributed by atoms with Gasteiger partial charge < -0.3 is 14.6 Å². The van der Waals surface area contributed by atoms with Crippen molar-refractivity contribution in [3.8, 4) is 17.2 Å². The number of benzene rings is 2. The highest BCUT2D eigenvalue weighted by molar-refractivity contribution is 5.36. The minimum Gasteiger partial charge on any atom is -0.488 e. The zero-order valence-corrected chi connectivity index (χ0v) is 11.8. The molecule has 0 aliphatic heterocycles. The molecule has 0 saturated carbocycles. The Labute approximate surface area is 125 Å². The van der Waals surface area contributed by atoms with Gasteiger partial charge in [-0.15, -0.1) is 0 Å². The first-order valence-corrected chi connectivity index (χ1v) is 6.61. The quantitative estimate of drug-likeness (QED) is 0.896. The third-order valence-electron chi connectivity index (χ3n) is 2.84. The second-order valence-electron chi connectivity index (χ2n) is 4.71. The molecule has 0 saturated heterocycles. The van der Waals surface area contributed by atoms with E-state index in [4.69, 9.17) is 14.6 Å². The molecule has 2 rings (SSSR count). The first-order chi connectivity index (χ1) is 10.4. The van der Waals surface area contributed by atoms with Crippen molar-refractivity contribution in [3.05, 3.63) is 54.1 Å². The molecule has 1 unspecified atom stereocenters. The summed E-state index contributed by atoms with van der Waals surface area (Å²) in [6, 6.07) is 11.1. The molecule has 0 fully saturated rings. The zero-order valence-electron chi connectivity index (χ0n) is 11.8. The van der Waals surface area contributed by atoms with Crippen molar-refractivity contribution in [2.45, 2.75) is 19.2 Å². The van der Waals surface area contributed by atoms with E-state index in [1.54, 1.807) is 31.2 Å². The van der Waals surface area contributed by atoms with E-state index in [1.165, 1.54) is 12.1 Å². The van der Waals surface area contributed by atoms with Crippen molar-refractivity contribution in [2.75, 3.05) is 6.61 Å². The highest BCUT2D eigenvalue weighted by atomic mass is 19.4. The van der Waals surface area contributed by atoms with Crippen molar-refractivity contribution >= 4 is 0 Å². The van der Waals surface area contributed by atoms with Crippen LogP contribution in [0, 0.1) is 0 Å². The standard InChI is InChI=1S/C16H15F3O3/c1-11(10-20)21-13-6-8-15(9-7-13)22-14-4-2-12(3-5-14)16(17,18)19/h2-9,11,20H,10H2,1H3. The van der Waals surface area contributed by atoms with Crippen LogP contribution in [0.5, 0.6) is 17.2 Å². The molecule has 2 aromatic carbocycles. The molecule has 0 radical (unpaired) electrons. The van der Waals surface area contributed by atoms with Crippen molar-refractivity contribution in [2.24, 2.45) is 0 Å². The Morgan fingerprint density at radius 2 is 1.36 bits per heavy atom. The first kappa shape index (κ1) is 16.2. The molecule has 0 heterocycles. The number of aliphatic hydroxyl groups excluding tert-OH is 1. The van der Waals surface area contributed by atoms with Crippen molar-refractivity contribution in [1.82, 2.24) is 0 Å². The predicted molar refractivity (Wildman–Crippen MR) is 75.1 cm³/mol. The fourth-order valence-electron chi connectivity index (χ4n) is 1.70. The normalized spacial score (nSPS) is 12.8. The van der Waals surface area contributed by atoms with Gasteiger partial charge in [0.05, 0.1) is 12.2 Å². The fourth-order valence-corrected chi connectivity index (χ4v) is 1.70. The van der Waals surface area contributed by atoms with E-state index in [0.717, 1.165) is 12.1 Å². The summed E-state index contributed by atoms with van der Waals surface area (Å²) in [6.07, 6.45) is -4.68. The Hall–Kier alpha value is -2.21. The second kappa shape index (κ2) is 6.70. The topological polar surface area (TPSA) is 38.7 Å². The molecule has 3 nitrogen and oxygen atoms in total. The third-order valence-corrected chi connectivity index (χ3v) is 2.84. The molecular weight excluding hydrogens is 297 g/mol. The fraction of sp³-hybridized carbons (Fsp3) is 0.250. The van der Waals surface area contributed by atoms with Gasteiger partial charge in [0.25, 0.3) is 0 Å². The highest BCUT2D eigenvalue weighted by Crippen LogP contribution is 2.31. The summed E-state index contributed by atoms with van der Waals surface area (Å²) in [5.41, 5.74) is -0.721. The summed E-state index contributed by atoms with van der Waals surface area (Å²) in [5.74, 6) is 1.36. The van der Waals surface area contributed by atoms with Crippen LogP contribution in [0.25, 0.3) is 0 Å². The molecule has 1 atom stereocenters. The van der Waals surface area contributed by atoms with Crippen LogP contribution in [0.3, 0.4) is 0 Å². The van der Waals surface area contributed by atoms with Crippen LogP contribution < -0.4 is 9.47 Å². The van der Waals surface area contributed by atoms with Crippen LogP contribution in [0.2, 0.25) is 0 Å². The minimum absolute atomic E-state index is 0.0934. The van der Waals surface area contributed by atoms with Crippen LogP contribution in [-0.2, 0) is 6.18 Å². The lowest BCUT2D eigenvalue weighted by Crippen LogP contribution is -2.15. The Bertz CT molecular complexity index is 592. The number of aliphatic hydroxyl groups is 1. The molecule has 118 valence electrons. The minimum atomic E-state index is -4.36. The van der Waals surface area contributed by atoms with Crippen LogP contribution in [0.4, 0.5) is 13.2 Å². The molecule has 0 aliphatic rings. The smallest absolute Gasteiger partial charge is 0.416 e. The second-order valence-corrected chi connectivity index (χ2v) is 4.71. The highest BCUT2D eigenvalue weighted by Gasteiger charge is 2.30. The number of hydrogen-bond acceptors (Lipinski definition) is 3. The van der Waals surface area contributed by atoms with E-state index >= 15 is 0 Å². The maximum atomic E-state index is 12.5. The zero-order chi connectivity index (χ0) is 16.2. The number of rotatable bonds is 5. The summed E-state index contributed by atoms with van der Waals surface area (Å²) in [7, 11) is 0.